The smallest absolute Gasteiger partial charge is 0.255 e. The van der Waals surface area contributed by atoms with Crippen molar-refractivity contribution in [2.24, 2.45) is 0 Å². The molecular weight excluding hydrogens is 424 g/mol. The molecule has 0 aliphatic carbocycles. The van der Waals surface area contributed by atoms with E-state index in [2.05, 4.69) is 24.4 Å². The number of hydrogen-bond donors (Lipinski definition) is 1. The summed E-state index contributed by atoms with van der Waals surface area (Å²) < 4.78 is 3.63. The highest BCUT2D eigenvalue weighted by atomic mass is 16.1. The predicted molar refractivity (Wildman–Crippen MR) is 136 cm³/mol. The van der Waals surface area contributed by atoms with E-state index in [1.54, 1.807) is 4.57 Å². The highest BCUT2D eigenvalue weighted by molar-refractivity contribution is 5.85. The van der Waals surface area contributed by atoms with Crippen molar-refractivity contribution in [3.63, 3.8) is 0 Å². The number of amides is 1. The third kappa shape index (κ3) is 4.53. The van der Waals surface area contributed by atoms with Gasteiger partial charge in [-0.2, -0.15) is 5.10 Å². The van der Waals surface area contributed by atoms with E-state index in [0.29, 0.717) is 25.1 Å². The minimum Gasteiger partial charge on any atom is -0.352 e. The van der Waals surface area contributed by atoms with Gasteiger partial charge in [0.2, 0.25) is 5.91 Å². The Balaban J connectivity index is 1.59. The third-order valence-electron chi connectivity index (χ3n) is 6.46. The molecule has 4 aromatic rings. The van der Waals surface area contributed by atoms with E-state index in [-0.39, 0.29) is 17.9 Å². The molecule has 0 radical (unpaired) electrons. The standard InChI is InChI=1S/C28H32N4O2/c1-5-21-12-14-22(15-13-21)18-29-25(33)17-16-24-19(3)26-20(4)30-32(23-10-8-7-9-11-23)27(26)31(6-2)28(24)34/h7-15H,5-6,16-18H2,1-4H3,(H,29,33). The summed E-state index contributed by atoms with van der Waals surface area (Å²) in [4.78, 5) is 26.0. The first kappa shape index (κ1) is 23.5. The number of nitrogens with zero attached hydrogens (tertiary/aromatic N) is 3. The molecule has 0 atom stereocenters. The highest BCUT2D eigenvalue weighted by Crippen LogP contribution is 2.26. The van der Waals surface area contributed by atoms with Crippen molar-refractivity contribution in [2.75, 3.05) is 0 Å². The van der Waals surface area contributed by atoms with E-state index in [1.165, 1.54) is 5.56 Å². The molecule has 6 nitrogen and oxygen atoms in total. The molecule has 0 fully saturated rings. The lowest BCUT2D eigenvalue weighted by atomic mass is 10.0. The molecule has 0 bridgehead atoms. The van der Waals surface area contributed by atoms with E-state index >= 15 is 0 Å². The van der Waals surface area contributed by atoms with Crippen molar-refractivity contribution >= 4 is 16.9 Å². The van der Waals surface area contributed by atoms with Crippen molar-refractivity contribution in [1.82, 2.24) is 19.7 Å². The zero-order valence-corrected chi connectivity index (χ0v) is 20.4. The molecule has 0 aliphatic rings. The van der Waals surface area contributed by atoms with Gasteiger partial charge in [-0.3, -0.25) is 14.2 Å². The summed E-state index contributed by atoms with van der Waals surface area (Å²) >= 11 is 0. The Morgan fingerprint density at radius 2 is 1.65 bits per heavy atom. The Kier molecular flexibility index (Phi) is 6.96. The van der Waals surface area contributed by atoms with Crippen molar-refractivity contribution in [1.29, 1.82) is 0 Å². The van der Waals surface area contributed by atoms with Gasteiger partial charge in [-0.15, -0.1) is 0 Å². The van der Waals surface area contributed by atoms with Crippen molar-refractivity contribution in [3.05, 3.63) is 92.9 Å². The zero-order valence-electron chi connectivity index (χ0n) is 20.4. The van der Waals surface area contributed by atoms with Crippen LogP contribution in [-0.4, -0.2) is 20.3 Å². The van der Waals surface area contributed by atoms with Gasteiger partial charge in [0.1, 0.15) is 5.65 Å². The van der Waals surface area contributed by atoms with Crippen LogP contribution < -0.4 is 10.9 Å². The van der Waals surface area contributed by atoms with Gasteiger partial charge < -0.3 is 5.32 Å². The van der Waals surface area contributed by atoms with Crippen LogP contribution >= 0.6 is 0 Å². The number of fused-ring (bicyclic) bond motifs is 1. The molecule has 34 heavy (non-hydrogen) atoms. The van der Waals surface area contributed by atoms with Crippen LogP contribution in [0.1, 0.15) is 48.2 Å². The first-order chi connectivity index (χ1) is 16.4. The first-order valence-corrected chi connectivity index (χ1v) is 12.0. The lowest BCUT2D eigenvalue weighted by Crippen LogP contribution is -2.28. The summed E-state index contributed by atoms with van der Waals surface area (Å²) in [6, 6.07) is 18.1. The number of pyridine rings is 1. The normalized spacial score (nSPS) is 11.2. The average Bonchev–Trinajstić information content (AvgIpc) is 3.20. The summed E-state index contributed by atoms with van der Waals surface area (Å²) in [6.45, 7) is 9.05. The molecule has 0 unspecified atom stereocenters. The Hall–Kier alpha value is -3.67. The van der Waals surface area contributed by atoms with Crippen LogP contribution in [0.4, 0.5) is 0 Å². The van der Waals surface area contributed by atoms with Crippen LogP contribution in [-0.2, 0) is 30.7 Å². The molecule has 176 valence electrons. The van der Waals surface area contributed by atoms with E-state index in [9.17, 15) is 9.59 Å². The Morgan fingerprint density at radius 3 is 2.29 bits per heavy atom. The third-order valence-corrected chi connectivity index (χ3v) is 6.46. The zero-order chi connectivity index (χ0) is 24.2. The highest BCUT2D eigenvalue weighted by Gasteiger charge is 2.21. The molecule has 0 saturated heterocycles. The number of aromatic nitrogens is 3. The van der Waals surface area contributed by atoms with Crippen molar-refractivity contribution in [2.45, 2.75) is 60.0 Å². The average molecular weight is 457 g/mol. The fraction of sp³-hybridized carbons (Fsp3) is 0.321. The maximum absolute atomic E-state index is 13.5. The summed E-state index contributed by atoms with van der Waals surface area (Å²) in [7, 11) is 0. The van der Waals surface area contributed by atoms with Crippen LogP contribution in [0.25, 0.3) is 16.7 Å². The number of aryl methyl sites for hydroxylation is 4. The molecule has 2 aromatic heterocycles. The SMILES string of the molecule is CCc1ccc(CNC(=O)CCc2c(C)c3c(C)nn(-c4ccccc4)c3n(CC)c2=O)cc1. The lowest BCUT2D eigenvalue weighted by Gasteiger charge is -2.14. The largest absolute Gasteiger partial charge is 0.352 e. The van der Waals surface area contributed by atoms with Gasteiger partial charge in [-0.1, -0.05) is 49.4 Å². The number of rotatable bonds is 8. The van der Waals surface area contributed by atoms with Gasteiger partial charge in [-0.05, 0) is 62.4 Å². The summed E-state index contributed by atoms with van der Waals surface area (Å²) in [6.07, 6.45) is 1.66. The van der Waals surface area contributed by atoms with Gasteiger partial charge in [-0.25, -0.2) is 4.68 Å². The van der Waals surface area contributed by atoms with E-state index < -0.39 is 0 Å². The second-order valence-corrected chi connectivity index (χ2v) is 8.63. The van der Waals surface area contributed by atoms with Gasteiger partial charge in [0.25, 0.3) is 5.56 Å². The molecule has 1 N–H and O–H groups in total. The minimum atomic E-state index is -0.0572. The first-order valence-electron chi connectivity index (χ1n) is 12.0. The fourth-order valence-corrected chi connectivity index (χ4v) is 4.53. The Morgan fingerprint density at radius 1 is 0.971 bits per heavy atom. The fourth-order valence-electron chi connectivity index (χ4n) is 4.53. The van der Waals surface area contributed by atoms with Crippen LogP contribution in [0.2, 0.25) is 0 Å². The summed E-state index contributed by atoms with van der Waals surface area (Å²) in [5, 5.41) is 8.73. The quantitative estimate of drug-likeness (QED) is 0.420. The van der Waals surface area contributed by atoms with Crippen LogP contribution in [0.3, 0.4) is 0 Å². The molecular formula is C28H32N4O2. The minimum absolute atomic E-state index is 0.0486. The monoisotopic (exact) mass is 456 g/mol. The molecule has 1 amide bonds. The second-order valence-electron chi connectivity index (χ2n) is 8.63. The number of carbonyl (C=O) groups excluding carboxylic acids is 1. The molecule has 0 aliphatic heterocycles. The molecule has 6 heteroatoms. The predicted octanol–water partition coefficient (Wildman–Crippen LogP) is 4.64. The number of carbonyl (C=O) groups is 1. The van der Waals surface area contributed by atoms with Crippen molar-refractivity contribution in [3.8, 4) is 5.69 Å². The van der Waals surface area contributed by atoms with Crippen molar-refractivity contribution < 1.29 is 4.79 Å². The number of para-hydroxylation sites is 1. The maximum atomic E-state index is 13.5. The number of benzene rings is 2. The number of nitrogens with one attached hydrogen (secondary N) is 1. The maximum Gasteiger partial charge on any atom is 0.255 e. The van der Waals surface area contributed by atoms with Gasteiger partial charge in [0.05, 0.1) is 11.4 Å². The Labute approximate surface area is 200 Å². The van der Waals surface area contributed by atoms with E-state index in [4.69, 9.17) is 5.10 Å². The second kappa shape index (κ2) is 10.1. The van der Waals surface area contributed by atoms with Crippen LogP contribution in [0, 0.1) is 13.8 Å². The van der Waals surface area contributed by atoms with Gasteiger partial charge in [0, 0.05) is 30.5 Å². The lowest BCUT2D eigenvalue weighted by molar-refractivity contribution is -0.121. The van der Waals surface area contributed by atoms with Crippen LogP contribution in [0.15, 0.2) is 59.4 Å². The van der Waals surface area contributed by atoms with E-state index in [1.807, 2.05) is 67.9 Å². The molecule has 0 saturated carbocycles. The summed E-state index contributed by atoms with van der Waals surface area (Å²) in [5.74, 6) is -0.0572. The molecule has 4 rings (SSSR count). The van der Waals surface area contributed by atoms with E-state index in [0.717, 1.165) is 40.0 Å². The van der Waals surface area contributed by atoms with Gasteiger partial charge in [0.15, 0.2) is 0 Å². The number of hydrogen-bond acceptors (Lipinski definition) is 3. The van der Waals surface area contributed by atoms with Gasteiger partial charge >= 0.3 is 0 Å². The van der Waals surface area contributed by atoms with Crippen LogP contribution in [0.5, 0.6) is 0 Å². The topological polar surface area (TPSA) is 68.9 Å². The summed E-state index contributed by atoms with van der Waals surface area (Å²) in [5.41, 5.74) is 6.49. The molecule has 2 aromatic carbocycles. The Bertz CT molecular complexity index is 1370. The molecule has 0 spiro atoms. The molecule has 2 heterocycles.